The molecule has 3 heterocycles. The molecule has 0 saturated heterocycles. The van der Waals surface area contributed by atoms with Crippen LogP contribution in [0.15, 0.2) is 134 Å². The van der Waals surface area contributed by atoms with Gasteiger partial charge in [0.1, 0.15) is 4.83 Å². The summed E-state index contributed by atoms with van der Waals surface area (Å²) in [6.07, 6.45) is 0.0246. The minimum atomic E-state index is -2.25. The minimum absolute atomic E-state index is 0. The molecular formula is C44H36IrN2S2-2. The molecule has 5 aromatic carbocycles. The third-order valence-corrected chi connectivity index (χ3v) is 9.98. The van der Waals surface area contributed by atoms with Crippen molar-refractivity contribution in [2.24, 2.45) is 5.41 Å². The number of hydrogen-bond donors (Lipinski definition) is 0. The SMILES string of the molecule is [2H]C([2H])([2H])c1c[c-]c(-c2ccc(C([2H])([2H])C(C)(C)C)cn2)cc1-c1ccccc1.[Ir].[c-]1ccc(-c2ccccc2)cc1-c1nc2sc3ccccc3c2s1. The Bertz CT molecular complexity index is 2500. The van der Waals surface area contributed by atoms with Crippen LogP contribution in [0.25, 0.3) is 63.7 Å². The van der Waals surface area contributed by atoms with Crippen LogP contribution in [0.3, 0.4) is 0 Å². The minimum Gasteiger partial charge on any atom is -0.304 e. The largest absolute Gasteiger partial charge is 0.304 e. The van der Waals surface area contributed by atoms with Crippen LogP contribution in [0.1, 0.15) is 38.8 Å². The van der Waals surface area contributed by atoms with Crippen LogP contribution in [0.4, 0.5) is 0 Å². The van der Waals surface area contributed by atoms with E-state index in [1.54, 1.807) is 47.1 Å². The van der Waals surface area contributed by atoms with Crippen LogP contribution < -0.4 is 0 Å². The van der Waals surface area contributed by atoms with Crippen LogP contribution >= 0.6 is 22.7 Å². The zero-order valence-electron chi connectivity index (χ0n) is 32.2. The van der Waals surface area contributed by atoms with Gasteiger partial charge in [-0.1, -0.05) is 124 Å². The number of rotatable bonds is 5. The standard InChI is InChI=1S/C23H24N.C21H12NS2.Ir/c1-17-10-12-20(14-21(17)19-8-6-5-7-9-19)22-13-11-18(16-24-22)15-23(2,3)4;1-2-7-14(8-3-1)15-9-6-10-16(13-15)20-22-21-19(24-20)17-11-4-5-12-18(17)23-21;/h5-11,13-14,16H,15H2,1-4H3;1-9,11-13H;/q2*-1;/i1D3,15D2;;. The first-order valence-corrected chi connectivity index (χ1v) is 17.4. The summed E-state index contributed by atoms with van der Waals surface area (Å²) in [5, 5.41) is 2.35. The summed E-state index contributed by atoms with van der Waals surface area (Å²) in [5.74, 6) is 0. The number of benzene rings is 5. The van der Waals surface area contributed by atoms with E-state index in [-0.39, 0.29) is 25.7 Å². The van der Waals surface area contributed by atoms with E-state index >= 15 is 0 Å². The fraction of sp³-hybridized carbons (Fsp3) is 0.136. The van der Waals surface area contributed by atoms with E-state index in [4.69, 9.17) is 11.8 Å². The molecular weight excluding hydrogens is 813 g/mol. The molecule has 5 heteroatoms. The van der Waals surface area contributed by atoms with E-state index in [0.717, 1.165) is 21.0 Å². The Morgan fingerprint density at radius 2 is 1.49 bits per heavy atom. The molecule has 0 unspecified atom stereocenters. The molecule has 0 aliphatic heterocycles. The molecule has 245 valence electrons. The van der Waals surface area contributed by atoms with Crippen LogP contribution in [0, 0.1) is 24.4 Å². The van der Waals surface area contributed by atoms with Gasteiger partial charge in [-0.2, -0.15) is 11.3 Å². The maximum Gasteiger partial charge on any atom is 0.124 e. The van der Waals surface area contributed by atoms with E-state index in [0.29, 0.717) is 22.4 Å². The number of nitrogens with zero attached hydrogens (tertiary/aromatic N) is 2. The zero-order valence-corrected chi connectivity index (χ0v) is 31.3. The van der Waals surface area contributed by atoms with E-state index in [2.05, 4.69) is 77.8 Å². The first-order valence-electron chi connectivity index (χ1n) is 18.2. The van der Waals surface area contributed by atoms with Gasteiger partial charge in [-0.25, -0.2) is 0 Å². The molecule has 2 nitrogen and oxygen atoms in total. The number of thiophene rings is 1. The van der Waals surface area contributed by atoms with Crippen LogP contribution in [-0.4, -0.2) is 9.97 Å². The van der Waals surface area contributed by atoms with Crippen molar-refractivity contribution in [1.29, 1.82) is 0 Å². The molecule has 3 aromatic heterocycles. The molecule has 0 amide bonds. The third-order valence-electron chi connectivity index (χ3n) is 7.67. The van der Waals surface area contributed by atoms with Crippen molar-refractivity contribution in [3.63, 3.8) is 0 Å². The molecule has 49 heavy (non-hydrogen) atoms. The average molecular weight is 854 g/mol. The topological polar surface area (TPSA) is 25.8 Å². The second kappa shape index (κ2) is 15.1. The first-order chi connectivity index (χ1) is 25.3. The van der Waals surface area contributed by atoms with Crippen molar-refractivity contribution in [2.75, 3.05) is 0 Å². The smallest absolute Gasteiger partial charge is 0.124 e. The van der Waals surface area contributed by atoms with Crippen LogP contribution in [-0.2, 0) is 26.5 Å². The van der Waals surface area contributed by atoms with Gasteiger partial charge in [0, 0.05) is 48.2 Å². The van der Waals surface area contributed by atoms with Gasteiger partial charge >= 0.3 is 0 Å². The maximum absolute atomic E-state index is 8.39. The van der Waals surface area contributed by atoms with Gasteiger partial charge in [0.05, 0.1) is 4.70 Å². The zero-order chi connectivity index (χ0) is 37.4. The molecule has 0 aliphatic rings. The summed E-state index contributed by atoms with van der Waals surface area (Å²) in [6, 6.07) is 47.8. The second-order valence-corrected chi connectivity index (χ2v) is 14.5. The van der Waals surface area contributed by atoms with Crippen molar-refractivity contribution in [3.8, 4) is 44.1 Å². The van der Waals surface area contributed by atoms with E-state index in [9.17, 15) is 0 Å². The van der Waals surface area contributed by atoms with Crippen molar-refractivity contribution in [2.45, 2.75) is 34.0 Å². The van der Waals surface area contributed by atoms with Gasteiger partial charge in [0.25, 0.3) is 0 Å². The number of aromatic nitrogens is 2. The second-order valence-electron chi connectivity index (χ2n) is 12.5. The van der Waals surface area contributed by atoms with Gasteiger partial charge in [0.2, 0.25) is 0 Å². The third kappa shape index (κ3) is 8.15. The molecule has 0 bridgehead atoms. The number of aryl methyl sites for hydroxylation is 1. The number of fused-ring (bicyclic) bond motifs is 3. The summed E-state index contributed by atoms with van der Waals surface area (Å²) in [5.41, 5.74) is 6.39. The molecule has 1 radical (unpaired) electrons. The van der Waals surface area contributed by atoms with Gasteiger partial charge in [-0.3, -0.25) is 4.98 Å². The van der Waals surface area contributed by atoms with E-state index in [1.165, 1.54) is 32.0 Å². The van der Waals surface area contributed by atoms with Crippen LogP contribution in [0.5, 0.6) is 0 Å². The average Bonchev–Trinajstić information content (AvgIpc) is 3.74. The summed E-state index contributed by atoms with van der Waals surface area (Å²) in [4.78, 5) is 10.4. The Morgan fingerprint density at radius 1 is 0.755 bits per heavy atom. The predicted octanol–water partition coefficient (Wildman–Crippen LogP) is 12.8. The monoisotopic (exact) mass is 854 g/mol. The summed E-state index contributed by atoms with van der Waals surface area (Å²) >= 11 is 3.52. The Balaban J connectivity index is 0.000000183. The van der Waals surface area contributed by atoms with Gasteiger partial charge in [-0.15, -0.1) is 76.1 Å². The predicted molar refractivity (Wildman–Crippen MR) is 207 cm³/mol. The summed E-state index contributed by atoms with van der Waals surface area (Å²) in [6.45, 7) is 3.32. The summed E-state index contributed by atoms with van der Waals surface area (Å²) in [7, 11) is 0. The van der Waals surface area contributed by atoms with Crippen molar-refractivity contribution in [3.05, 3.63) is 157 Å². The normalized spacial score (nSPS) is 13.2. The Kier molecular flexibility index (Phi) is 8.81. The number of hydrogen-bond acceptors (Lipinski definition) is 4. The fourth-order valence-electron chi connectivity index (χ4n) is 5.46. The quantitative estimate of drug-likeness (QED) is 0.161. The molecule has 8 aromatic rings. The molecule has 0 N–H and O–H groups in total. The van der Waals surface area contributed by atoms with Crippen molar-refractivity contribution < 1.29 is 27.0 Å². The van der Waals surface area contributed by atoms with Crippen molar-refractivity contribution in [1.82, 2.24) is 9.97 Å². The maximum atomic E-state index is 8.39. The molecule has 0 atom stereocenters. The first kappa shape index (κ1) is 28.6. The van der Waals surface area contributed by atoms with E-state index in [1.807, 2.05) is 63.2 Å². The van der Waals surface area contributed by atoms with Gasteiger partial charge < -0.3 is 4.98 Å². The molecule has 0 fully saturated rings. The summed E-state index contributed by atoms with van der Waals surface area (Å²) < 4.78 is 42.9. The molecule has 8 rings (SSSR count). The van der Waals surface area contributed by atoms with Crippen molar-refractivity contribution >= 4 is 42.3 Å². The van der Waals surface area contributed by atoms with E-state index < -0.39 is 18.6 Å². The van der Waals surface area contributed by atoms with Gasteiger partial charge in [0.15, 0.2) is 0 Å². The molecule has 0 aliphatic carbocycles. The Labute approximate surface area is 317 Å². The Hall–Kier alpha value is -4.25. The number of pyridine rings is 1. The van der Waals surface area contributed by atoms with Crippen LogP contribution in [0.2, 0.25) is 0 Å². The molecule has 0 spiro atoms. The fourth-order valence-corrected chi connectivity index (χ4v) is 7.79. The molecule has 0 saturated carbocycles. The number of thiazole rings is 1. The van der Waals surface area contributed by atoms with Gasteiger partial charge in [-0.05, 0) is 40.2 Å². The Morgan fingerprint density at radius 3 is 2.20 bits per heavy atom.